The molecular weight excluding hydrogens is 268 g/mol. The molecule has 108 valence electrons. The first-order valence-corrected chi connectivity index (χ1v) is 6.86. The number of fused-ring (bicyclic) bond motifs is 2. The fourth-order valence-electron chi connectivity index (χ4n) is 2.59. The first-order valence-electron chi connectivity index (χ1n) is 6.86. The summed E-state index contributed by atoms with van der Waals surface area (Å²) in [4.78, 5) is 12.1. The molecule has 0 bridgehead atoms. The highest BCUT2D eigenvalue weighted by Crippen LogP contribution is 2.27. The van der Waals surface area contributed by atoms with E-state index in [2.05, 4.69) is 0 Å². The number of ether oxygens (including phenoxy) is 3. The summed E-state index contributed by atoms with van der Waals surface area (Å²) in [5, 5.41) is 1.68. The summed E-state index contributed by atoms with van der Waals surface area (Å²) in [6.45, 7) is 2.09. The van der Waals surface area contributed by atoms with E-state index in [1.54, 1.807) is 14.0 Å². The first kappa shape index (κ1) is 13.5. The molecule has 1 aromatic carbocycles. The van der Waals surface area contributed by atoms with E-state index in [1.807, 2.05) is 42.5 Å². The third-order valence-corrected chi connectivity index (χ3v) is 3.47. The molecule has 0 amide bonds. The van der Waals surface area contributed by atoms with Crippen LogP contribution in [0.5, 0.6) is 0 Å². The molecule has 4 nitrogen and oxygen atoms in total. The van der Waals surface area contributed by atoms with E-state index in [-0.39, 0.29) is 11.9 Å². The minimum absolute atomic E-state index is 0.253. The van der Waals surface area contributed by atoms with Gasteiger partial charge in [-0.05, 0) is 24.3 Å². The van der Waals surface area contributed by atoms with Crippen molar-refractivity contribution in [3.8, 4) is 0 Å². The lowest BCUT2D eigenvalue weighted by molar-refractivity contribution is -0.138. The van der Waals surface area contributed by atoms with Crippen LogP contribution >= 0.6 is 0 Å². The third-order valence-electron chi connectivity index (χ3n) is 3.47. The van der Waals surface area contributed by atoms with Crippen molar-refractivity contribution < 1.29 is 19.0 Å². The Hall–Kier alpha value is -2.49. The minimum Gasteiger partial charge on any atom is -0.496 e. The van der Waals surface area contributed by atoms with Gasteiger partial charge in [0.15, 0.2) is 0 Å². The van der Waals surface area contributed by atoms with Crippen LogP contribution in [0.3, 0.4) is 0 Å². The van der Waals surface area contributed by atoms with Gasteiger partial charge in [-0.1, -0.05) is 30.3 Å². The summed E-state index contributed by atoms with van der Waals surface area (Å²) in [6, 6.07) is 7.63. The largest absolute Gasteiger partial charge is 0.496 e. The zero-order valence-electron chi connectivity index (χ0n) is 12.0. The molecule has 0 spiro atoms. The van der Waals surface area contributed by atoms with Crippen LogP contribution in [0.25, 0.3) is 11.3 Å². The maximum atomic E-state index is 12.1. The third kappa shape index (κ3) is 2.23. The summed E-state index contributed by atoms with van der Waals surface area (Å²) in [7, 11) is 1.63. The van der Waals surface area contributed by atoms with Gasteiger partial charge in [-0.3, -0.25) is 0 Å². The van der Waals surface area contributed by atoms with Crippen molar-refractivity contribution in [2.75, 3.05) is 13.7 Å². The summed E-state index contributed by atoms with van der Waals surface area (Å²) in [6.07, 6.45) is 5.32. The molecular formula is C17H16O4. The van der Waals surface area contributed by atoms with Gasteiger partial charge < -0.3 is 14.2 Å². The predicted octanol–water partition coefficient (Wildman–Crippen LogP) is 1.01. The lowest BCUT2D eigenvalue weighted by Crippen LogP contribution is -2.41. The molecule has 3 rings (SSSR count). The molecule has 0 saturated heterocycles. The monoisotopic (exact) mass is 284 g/mol. The van der Waals surface area contributed by atoms with E-state index in [4.69, 9.17) is 14.2 Å². The second kappa shape index (κ2) is 5.48. The first-order chi connectivity index (χ1) is 10.3. The number of carbonyl (C=O) groups is 1. The zero-order valence-corrected chi connectivity index (χ0v) is 12.0. The number of esters is 1. The number of methoxy groups -OCH3 is 1. The van der Waals surface area contributed by atoms with Crippen molar-refractivity contribution in [3.63, 3.8) is 0 Å². The SMILES string of the molecule is CCOC(=O)C1=c2ccccc2=C2C(OC)=CC=CC2O1. The fraction of sp³-hybridized carbons (Fsp3) is 0.235. The molecule has 1 unspecified atom stereocenters. The van der Waals surface area contributed by atoms with Crippen LogP contribution < -0.4 is 10.4 Å². The Labute approximate surface area is 122 Å². The van der Waals surface area contributed by atoms with E-state index in [0.717, 1.165) is 21.8 Å². The second-order valence-electron chi connectivity index (χ2n) is 4.67. The zero-order chi connectivity index (χ0) is 14.8. The van der Waals surface area contributed by atoms with E-state index < -0.39 is 5.97 Å². The smallest absolute Gasteiger partial charge is 0.374 e. The van der Waals surface area contributed by atoms with Crippen molar-refractivity contribution in [2.45, 2.75) is 13.0 Å². The molecule has 4 heteroatoms. The Kier molecular flexibility index (Phi) is 3.52. The van der Waals surface area contributed by atoms with Gasteiger partial charge in [0.1, 0.15) is 11.9 Å². The van der Waals surface area contributed by atoms with Crippen LogP contribution in [-0.4, -0.2) is 25.8 Å². The van der Waals surface area contributed by atoms with Gasteiger partial charge in [0.05, 0.1) is 13.7 Å². The average molecular weight is 284 g/mol. The molecule has 0 fully saturated rings. The van der Waals surface area contributed by atoms with Gasteiger partial charge in [-0.15, -0.1) is 0 Å². The highest BCUT2D eigenvalue weighted by Gasteiger charge is 2.29. The van der Waals surface area contributed by atoms with Crippen LogP contribution in [0, 0.1) is 0 Å². The Morgan fingerprint density at radius 3 is 2.76 bits per heavy atom. The Morgan fingerprint density at radius 2 is 2.05 bits per heavy atom. The highest BCUT2D eigenvalue weighted by atomic mass is 16.6. The molecule has 1 aliphatic heterocycles. The molecule has 0 radical (unpaired) electrons. The van der Waals surface area contributed by atoms with Gasteiger partial charge in [-0.25, -0.2) is 4.79 Å². The fourth-order valence-corrected chi connectivity index (χ4v) is 2.59. The van der Waals surface area contributed by atoms with Crippen molar-refractivity contribution in [1.29, 1.82) is 0 Å². The number of benzene rings is 1. The molecule has 1 heterocycles. The van der Waals surface area contributed by atoms with E-state index in [0.29, 0.717) is 6.61 Å². The van der Waals surface area contributed by atoms with Crippen molar-refractivity contribution in [3.05, 3.63) is 58.7 Å². The van der Waals surface area contributed by atoms with Crippen LogP contribution in [0.15, 0.2) is 48.3 Å². The van der Waals surface area contributed by atoms with Crippen LogP contribution in [-0.2, 0) is 19.0 Å². The lowest BCUT2D eigenvalue weighted by Gasteiger charge is -2.27. The van der Waals surface area contributed by atoms with E-state index >= 15 is 0 Å². The summed E-state index contributed by atoms with van der Waals surface area (Å²) >= 11 is 0. The molecule has 2 aliphatic rings. The van der Waals surface area contributed by atoms with Gasteiger partial charge in [0, 0.05) is 10.8 Å². The number of hydrogen-bond donors (Lipinski definition) is 0. The molecule has 1 atom stereocenters. The molecule has 21 heavy (non-hydrogen) atoms. The lowest BCUT2D eigenvalue weighted by atomic mass is 9.96. The number of carbonyl (C=O) groups excluding carboxylic acids is 1. The summed E-state index contributed by atoms with van der Waals surface area (Å²) < 4.78 is 16.4. The van der Waals surface area contributed by atoms with Crippen molar-refractivity contribution in [2.24, 2.45) is 0 Å². The van der Waals surface area contributed by atoms with Gasteiger partial charge in [-0.2, -0.15) is 0 Å². The quantitative estimate of drug-likeness (QED) is 0.777. The highest BCUT2D eigenvalue weighted by molar-refractivity contribution is 6.07. The number of allylic oxidation sites excluding steroid dienone is 2. The molecule has 0 N–H and O–H groups in total. The molecule has 1 aromatic rings. The maximum absolute atomic E-state index is 12.1. The number of hydrogen-bond acceptors (Lipinski definition) is 4. The van der Waals surface area contributed by atoms with Gasteiger partial charge >= 0.3 is 5.97 Å². The standard InChI is InChI=1S/C17H16O4/c1-3-20-17(18)16-12-8-5-4-7-11(12)15-13(19-2)9-6-10-14(15)21-16/h4-10,14H,3H2,1-2H3. The van der Waals surface area contributed by atoms with Crippen LogP contribution in [0.2, 0.25) is 0 Å². The average Bonchev–Trinajstić information content (AvgIpc) is 2.53. The second-order valence-corrected chi connectivity index (χ2v) is 4.67. The molecule has 0 aromatic heterocycles. The topological polar surface area (TPSA) is 44.8 Å². The summed E-state index contributed by atoms with van der Waals surface area (Å²) in [5.41, 5.74) is 0.934. The Morgan fingerprint density at radius 1 is 1.29 bits per heavy atom. The van der Waals surface area contributed by atoms with E-state index in [9.17, 15) is 4.79 Å². The van der Waals surface area contributed by atoms with Gasteiger partial charge in [0.25, 0.3) is 0 Å². The normalized spacial score (nSPS) is 19.1. The number of rotatable bonds is 3. The van der Waals surface area contributed by atoms with Crippen LogP contribution in [0.4, 0.5) is 0 Å². The molecule has 0 saturated carbocycles. The van der Waals surface area contributed by atoms with Crippen molar-refractivity contribution >= 4 is 17.3 Å². The predicted molar refractivity (Wildman–Crippen MR) is 78.2 cm³/mol. The Balaban J connectivity index is 2.31. The van der Waals surface area contributed by atoms with Gasteiger partial charge in [0.2, 0.25) is 5.76 Å². The van der Waals surface area contributed by atoms with E-state index in [1.165, 1.54) is 0 Å². The minimum atomic E-state index is -0.439. The molecule has 1 aliphatic carbocycles. The van der Waals surface area contributed by atoms with Crippen LogP contribution in [0.1, 0.15) is 6.92 Å². The maximum Gasteiger partial charge on any atom is 0.374 e. The van der Waals surface area contributed by atoms with Crippen molar-refractivity contribution in [1.82, 2.24) is 0 Å². The Bertz CT molecular complexity index is 755. The summed E-state index contributed by atoms with van der Waals surface area (Å²) in [5.74, 6) is 0.562.